The van der Waals surface area contributed by atoms with E-state index < -0.39 is 5.97 Å². The van der Waals surface area contributed by atoms with Gasteiger partial charge >= 0.3 is 5.97 Å². The molecule has 94 valence electrons. The average molecular weight is 254 g/mol. The first-order valence-corrected chi connectivity index (χ1v) is 5.65. The van der Waals surface area contributed by atoms with Gasteiger partial charge in [0, 0.05) is 23.7 Å². The highest BCUT2D eigenvalue weighted by Crippen LogP contribution is 2.20. The molecule has 0 saturated carbocycles. The molecule has 0 bridgehead atoms. The zero-order valence-corrected chi connectivity index (χ0v) is 10.1. The van der Waals surface area contributed by atoms with E-state index in [9.17, 15) is 4.79 Å². The van der Waals surface area contributed by atoms with E-state index in [1.54, 1.807) is 12.4 Å². The van der Waals surface area contributed by atoms with E-state index in [4.69, 9.17) is 5.11 Å². The van der Waals surface area contributed by atoms with Crippen LogP contribution in [-0.4, -0.2) is 31.0 Å². The summed E-state index contributed by atoms with van der Waals surface area (Å²) in [5, 5.41) is 9.07. The number of pyridine rings is 1. The Hall–Kier alpha value is -2.76. The van der Waals surface area contributed by atoms with Crippen molar-refractivity contribution >= 4 is 17.1 Å². The minimum Gasteiger partial charge on any atom is -0.478 e. The molecule has 19 heavy (non-hydrogen) atoms. The number of hydrogen-bond donors (Lipinski definition) is 2. The van der Waals surface area contributed by atoms with Gasteiger partial charge in [-0.2, -0.15) is 0 Å². The van der Waals surface area contributed by atoms with Gasteiger partial charge in [-0.05, 0) is 19.1 Å². The Morgan fingerprint density at radius 2 is 2.11 bits per heavy atom. The molecule has 3 heterocycles. The second kappa shape index (κ2) is 4.16. The lowest BCUT2D eigenvalue weighted by Gasteiger charge is -2.01. The SMILES string of the molecule is Cc1ccc(-c2cnc3[nH]cc(C(=O)O)c3n2)cn1. The molecule has 0 aliphatic heterocycles. The van der Waals surface area contributed by atoms with Crippen LogP contribution in [0.4, 0.5) is 0 Å². The number of carbonyl (C=O) groups is 1. The maximum Gasteiger partial charge on any atom is 0.339 e. The minimum absolute atomic E-state index is 0.115. The van der Waals surface area contributed by atoms with Crippen LogP contribution in [0.1, 0.15) is 16.1 Å². The van der Waals surface area contributed by atoms with Crippen molar-refractivity contribution in [3.8, 4) is 11.3 Å². The Morgan fingerprint density at radius 1 is 1.26 bits per heavy atom. The topological polar surface area (TPSA) is 91.8 Å². The molecule has 3 aromatic rings. The summed E-state index contributed by atoms with van der Waals surface area (Å²) in [5.41, 5.74) is 3.24. The quantitative estimate of drug-likeness (QED) is 0.730. The van der Waals surface area contributed by atoms with Crippen LogP contribution < -0.4 is 0 Å². The van der Waals surface area contributed by atoms with Gasteiger partial charge in [0.1, 0.15) is 11.1 Å². The first-order valence-electron chi connectivity index (χ1n) is 5.65. The Labute approximate surface area is 108 Å². The zero-order valence-electron chi connectivity index (χ0n) is 10.1. The van der Waals surface area contributed by atoms with Gasteiger partial charge in [-0.3, -0.25) is 4.98 Å². The van der Waals surface area contributed by atoms with Crippen molar-refractivity contribution in [2.75, 3.05) is 0 Å². The van der Waals surface area contributed by atoms with Gasteiger partial charge in [-0.15, -0.1) is 0 Å². The summed E-state index contributed by atoms with van der Waals surface area (Å²) >= 11 is 0. The molecule has 3 aromatic heterocycles. The molecule has 0 fully saturated rings. The molecule has 0 unspecified atom stereocenters. The molecule has 0 aliphatic rings. The highest BCUT2D eigenvalue weighted by Gasteiger charge is 2.13. The molecule has 0 radical (unpaired) electrons. The highest BCUT2D eigenvalue weighted by atomic mass is 16.4. The fourth-order valence-corrected chi connectivity index (χ4v) is 1.81. The van der Waals surface area contributed by atoms with Gasteiger partial charge in [-0.25, -0.2) is 14.8 Å². The number of H-pyrrole nitrogens is 1. The number of carboxylic acids is 1. The van der Waals surface area contributed by atoms with E-state index in [0.717, 1.165) is 11.3 Å². The lowest BCUT2D eigenvalue weighted by molar-refractivity contribution is 0.0699. The van der Waals surface area contributed by atoms with Crippen molar-refractivity contribution in [3.63, 3.8) is 0 Å². The van der Waals surface area contributed by atoms with Gasteiger partial charge in [0.15, 0.2) is 5.65 Å². The fourth-order valence-electron chi connectivity index (χ4n) is 1.81. The fraction of sp³-hybridized carbons (Fsp3) is 0.0769. The Kier molecular flexibility index (Phi) is 2.49. The van der Waals surface area contributed by atoms with E-state index in [-0.39, 0.29) is 5.56 Å². The van der Waals surface area contributed by atoms with Crippen LogP contribution in [-0.2, 0) is 0 Å². The summed E-state index contributed by atoms with van der Waals surface area (Å²) in [6, 6.07) is 3.75. The van der Waals surface area contributed by atoms with Crippen LogP contribution in [0.3, 0.4) is 0 Å². The van der Waals surface area contributed by atoms with Gasteiger partial charge in [0.05, 0.1) is 11.9 Å². The Bertz CT molecular complexity index is 762. The first kappa shape index (κ1) is 11.3. The van der Waals surface area contributed by atoms with Crippen molar-refractivity contribution in [2.24, 2.45) is 0 Å². The second-order valence-electron chi connectivity index (χ2n) is 4.15. The number of fused-ring (bicyclic) bond motifs is 1. The maximum atomic E-state index is 11.1. The summed E-state index contributed by atoms with van der Waals surface area (Å²) in [7, 11) is 0. The van der Waals surface area contributed by atoms with E-state index >= 15 is 0 Å². The summed E-state index contributed by atoms with van der Waals surface area (Å²) in [4.78, 5) is 26.6. The van der Waals surface area contributed by atoms with Crippen LogP contribution in [0, 0.1) is 6.92 Å². The molecular formula is C13H10N4O2. The molecule has 0 amide bonds. The largest absolute Gasteiger partial charge is 0.478 e. The number of carboxylic acid groups (broad SMARTS) is 1. The maximum absolute atomic E-state index is 11.1. The third kappa shape index (κ3) is 1.93. The Morgan fingerprint density at radius 3 is 2.79 bits per heavy atom. The second-order valence-corrected chi connectivity index (χ2v) is 4.15. The number of hydrogen-bond acceptors (Lipinski definition) is 4. The number of rotatable bonds is 2. The predicted octanol–water partition coefficient (Wildman–Crippen LogP) is 2.03. The molecule has 2 N–H and O–H groups in total. The zero-order chi connectivity index (χ0) is 13.4. The smallest absolute Gasteiger partial charge is 0.339 e. The van der Waals surface area contributed by atoms with Crippen molar-refractivity contribution in [1.82, 2.24) is 19.9 Å². The third-order valence-electron chi connectivity index (χ3n) is 2.82. The number of nitrogens with one attached hydrogen (secondary N) is 1. The minimum atomic E-state index is -1.03. The van der Waals surface area contributed by atoms with Crippen molar-refractivity contribution in [1.29, 1.82) is 0 Å². The average Bonchev–Trinajstić information content (AvgIpc) is 2.82. The molecule has 3 rings (SSSR count). The van der Waals surface area contributed by atoms with Crippen LogP contribution >= 0.6 is 0 Å². The monoisotopic (exact) mass is 254 g/mol. The molecule has 0 aliphatic carbocycles. The van der Waals surface area contributed by atoms with Crippen LogP contribution in [0.2, 0.25) is 0 Å². The highest BCUT2D eigenvalue weighted by molar-refractivity contribution is 6.00. The van der Waals surface area contributed by atoms with Gasteiger partial charge in [0.25, 0.3) is 0 Å². The lowest BCUT2D eigenvalue weighted by atomic mass is 10.2. The van der Waals surface area contributed by atoms with Gasteiger partial charge in [0.2, 0.25) is 0 Å². The van der Waals surface area contributed by atoms with Crippen molar-refractivity contribution < 1.29 is 9.90 Å². The molecule has 0 spiro atoms. The summed E-state index contributed by atoms with van der Waals surface area (Å²) in [5.74, 6) is -1.03. The number of aryl methyl sites for hydroxylation is 1. The molecule has 0 aromatic carbocycles. The summed E-state index contributed by atoms with van der Waals surface area (Å²) in [6.45, 7) is 1.90. The molecular weight excluding hydrogens is 244 g/mol. The molecule has 0 saturated heterocycles. The van der Waals surface area contributed by atoms with Crippen molar-refractivity contribution in [2.45, 2.75) is 6.92 Å². The van der Waals surface area contributed by atoms with E-state index in [1.165, 1.54) is 6.20 Å². The van der Waals surface area contributed by atoms with Crippen molar-refractivity contribution in [3.05, 3.63) is 42.0 Å². The molecule has 6 heteroatoms. The number of nitrogens with zero attached hydrogens (tertiary/aromatic N) is 3. The van der Waals surface area contributed by atoms with Crippen LogP contribution in [0.25, 0.3) is 22.4 Å². The Balaban J connectivity index is 2.17. The van der Waals surface area contributed by atoms with E-state index in [2.05, 4.69) is 19.9 Å². The third-order valence-corrected chi connectivity index (χ3v) is 2.82. The summed E-state index contributed by atoms with van der Waals surface area (Å²) in [6.07, 6.45) is 4.68. The summed E-state index contributed by atoms with van der Waals surface area (Å²) < 4.78 is 0. The number of aromatic carboxylic acids is 1. The van der Waals surface area contributed by atoms with Gasteiger partial charge < -0.3 is 10.1 Å². The van der Waals surface area contributed by atoms with E-state index in [1.807, 2.05) is 19.1 Å². The first-order chi connectivity index (χ1) is 9.15. The van der Waals surface area contributed by atoms with Crippen LogP contribution in [0.15, 0.2) is 30.7 Å². The standard InChI is InChI=1S/C13H10N4O2/c1-7-2-3-8(4-14-7)10-6-16-12-11(17-10)9(5-15-12)13(18)19/h2-6H,1H3,(H,15,16)(H,18,19). The normalized spacial score (nSPS) is 10.8. The predicted molar refractivity (Wildman–Crippen MR) is 68.8 cm³/mol. The lowest BCUT2D eigenvalue weighted by Crippen LogP contribution is -1.96. The van der Waals surface area contributed by atoms with E-state index in [0.29, 0.717) is 16.9 Å². The number of aromatic nitrogens is 4. The van der Waals surface area contributed by atoms with Gasteiger partial charge in [-0.1, -0.05) is 0 Å². The number of aromatic amines is 1. The molecule has 6 nitrogen and oxygen atoms in total. The molecule has 0 atom stereocenters. The van der Waals surface area contributed by atoms with Crippen LogP contribution in [0.5, 0.6) is 0 Å².